The summed E-state index contributed by atoms with van der Waals surface area (Å²) >= 11 is 0. The third kappa shape index (κ3) is 3.20. The quantitative estimate of drug-likeness (QED) is 0.876. The molecule has 0 aliphatic carbocycles. The van der Waals surface area contributed by atoms with Crippen LogP contribution in [0.25, 0.3) is 5.69 Å². The summed E-state index contributed by atoms with van der Waals surface area (Å²) in [7, 11) is 0. The van der Waals surface area contributed by atoms with Crippen LogP contribution in [-0.4, -0.2) is 14.5 Å². The van der Waals surface area contributed by atoms with E-state index in [-0.39, 0.29) is 24.8 Å². The van der Waals surface area contributed by atoms with Crippen LogP contribution in [0.1, 0.15) is 5.69 Å². The van der Waals surface area contributed by atoms with Crippen LogP contribution in [0, 0.1) is 0 Å². The van der Waals surface area contributed by atoms with Crippen molar-refractivity contribution in [3.8, 4) is 5.69 Å². The van der Waals surface area contributed by atoms with Crippen LogP contribution in [0.2, 0.25) is 0 Å². The fourth-order valence-electron chi connectivity index (χ4n) is 1.10. The van der Waals surface area contributed by atoms with Crippen LogP contribution < -0.4 is 5.73 Å². The standard InChI is InChI=1S/C9H10N4.2ClH/c10-5-8-1-2-9(6-12-8)13-4-3-11-7-13;;/h1-4,6-7H,5,10H2;2*1H. The molecular weight excluding hydrogens is 235 g/mol. The van der Waals surface area contributed by atoms with Crippen molar-refractivity contribution in [3.05, 3.63) is 42.7 Å². The normalized spacial score (nSPS) is 8.87. The second kappa shape index (κ2) is 6.40. The SMILES string of the molecule is Cl.Cl.NCc1ccc(-n2ccnc2)cn1. The Balaban J connectivity index is 0.000000980. The van der Waals surface area contributed by atoms with Crippen molar-refractivity contribution in [2.24, 2.45) is 5.73 Å². The van der Waals surface area contributed by atoms with Gasteiger partial charge in [0.05, 0.1) is 23.9 Å². The van der Waals surface area contributed by atoms with Crippen molar-refractivity contribution >= 4 is 24.8 Å². The first-order valence-electron chi connectivity index (χ1n) is 4.03. The van der Waals surface area contributed by atoms with Crippen LogP contribution in [0.5, 0.6) is 0 Å². The fourth-order valence-corrected chi connectivity index (χ4v) is 1.10. The molecule has 0 fully saturated rings. The number of nitrogens with zero attached hydrogens (tertiary/aromatic N) is 3. The van der Waals surface area contributed by atoms with Gasteiger partial charge in [0.1, 0.15) is 0 Å². The van der Waals surface area contributed by atoms with Crippen molar-refractivity contribution in [2.45, 2.75) is 6.54 Å². The van der Waals surface area contributed by atoms with Gasteiger partial charge in [-0.3, -0.25) is 4.98 Å². The number of pyridine rings is 1. The first kappa shape index (κ1) is 13.9. The Labute approximate surface area is 100 Å². The first-order valence-corrected chi connectivity index (χ1v) is 4.03. The molecule has 2 rings (SSSR count). The Bertz CT molecular complexity index is 372. The van der Waals surface area contributed by atoms with Crippen LogP contribution in [0.3, 0.4) is 0 Å². The fraction of sp³-hybridized carbons (Fsp3) is 0.111. The predicted molar refractivity (Wildman–Crippen MR) is 63.7 cm³/mol. The Hall–Kier alpha value is -1.10. The van der Waals surface area contributed by atoms with Gasteiger partial charge >= 0.3 is 0 Å². The highest BCUT2D eigenvalue weighted by atomic mass is 35.5. The molecule has 0 atom stereocenters. The van der Waals surface area contributed by atoms with E-state index in [2.05, 4.69) is 9.97 Å². The summed E-state index contributed by atoms with van der Waals surface area (Å²) in [5.41, 5.74) is 7.32. The lowest BCUT2D eigenvalue weighted by Gasteiger charge is -2.01. The molecular formula is C9H12Cl2N4. The molecule has 0 bridgehead atoms. The zero-order valence-corrected chi connectivity index (χ0v) is 9.54. The smallest absolute Gasteiger partial charge is 0.0992 e. The minimum atomic E-state index is 0. The number of aromatic nitrogens is 3. The van der Waals surface area contributed by atoms with Crippen LogP contribution in [0.15, 0.2) is 37.1 Å². The minimum Gasteiger partial charge on any atom is -0.325 e. The van der Waals surface area contributed by atoms with Gasteiger partial charge in [-0.2, -0.15) is 0 Å². The molecule has 2 heterocycles. The maximum Gasteiger partial charge on any atom is 0.0992 e. The monoisotopic (exact) mass is 246 g/mol. The molecule has 2 N–H and O–H groups in total. The largest absolute Gasteiger partial charge is 0.325 e. The van der Waals surface area contributed by atoms with Crippen LogP contribution in [-0.2, 0) is 6.54 Å². The lowest BCUT2D eigenvalue weighted by atomic mass is 10.3. The minimum absolute atomic E-state index is 0. The second-order valence-corrected chi connectivity index (χ2v) is 2.68. The maximum absolute atomic E-state index is 5.44. The predicted octanol–water partition coefficient (Wildman–Crippen LogP) is 1.57. The summed E-state index contributed by atoms with van der Waals surface area (Å²) in [6, 6.07) is 3.88. The van der Waals surface area contributed by atoms with E-state index in [0.717, 1.165) is 11.4 Å². The van der Waals surface area contributed by atoms with Crippen molar-refractivity contribution < 1.29 is 0 Å². The molecule has 15 heavy (non-hydrogen) atoms. The molecule has 2 aromatic heterocycles. The van der Waals surface area contributed by atoms with Gasteiger partial charge in [-0.1, -0.05) is 0 Å². The molecule has 0 saturated carbocycles. The van der Waals surface area contributed by atoms with Crippen molar-refractivity contribution in [1.82, 2.24) is 14.5 Å². The summed E-state index contributed by atoms with van der Waals surface area (Å²) < 4.78 is 1.90. The van der Waals surface area contributed by atoms with Crippen molar-refractivity contribution in [3.63, 3.8) is 0 Å². The summed E-state index contributed by atoms with van der Waals surface area (Å²) in [6.45, 7) is 0.476. The Morgan fingerprint density at radius 3 is 2.53 bits per heavy atom. The van der Waals surface area contributed by atoms with Gasteiger partial charge in [0.25, 0.3) is 0 Å². The second-order valence-electron chi connectivity index (χ2n) is 2.68. The number of hydrogen-bond acceptors (Lipinski definition) is 3. The Kier molecular flexibility index (Phi) is 5.93. The lowest BCUT2D eigenvalue weighted by Crippen LogP contribution is -2.00. The van der Waals surface area contributed by atoms with E-state index in [9.17, 15) is 0 Å². The Morgan fingerprint density at radius 1 is 1.27 bits per heavy atom. The van der Waals surface area contributed by atoms with Crippen molar-refractivity contribution in [2.75, 3.05) is 0 Å². The molecule has 0 amide bonds. The van der Waals surface area contributed by atoms with E-state index in [1.165, 1.54) is 0 Å². The summed E-state index contributed by atoms with van der Waals surface area (Å²) in [4.78, 5) is 8.13. The molecule has 82 valence electrons. The van der Waals surface area contributed by atoms with E-state index >= 15 is 0 Å². The molecule has 6 heteroatoms. The molecule has 4 nitrogen and oxygen atoms in total. The first-order chi connectivity index (χ1) is 6.40. The number of imidazole rings is 1. The Morgan fingerprint density at radius 2 is 2.07 bits per heavy atom. The molecule has 0 saturated heterocycles. The molecule has 0 aliphatic rings. The molecule has 0 radical (unpaired) electrons. The summed E-state index contributed by atoms with van der Waals surface area (Å²) in [6.07, 6.45) is 7.12. The zero-order chi connectivity index (χ0) is 9.10. The average Bonchev–Trinajstić information content (AvgIpc) is 2.71. The third-order valence-electron chi connectivity index (χ3n) is 1.82. The van der Waals surface area contributed by atoms with Crippen LogP contribution >= 0.6 is 24.8 Å². The highest BCUT2D eigenvalue weighted by Crippen LogP contribution is 2.05. The van der Waals surface area contributed by atoms with E-state index in [1.54, 1.807) is 18.7 Å². The number of nitrogens with two attached hydrogens (primary N) is 1. The highest BCUT2D eigenvalue weighted by Gasteiger charge is 1.95. The maximum atomic E-state index is 5.44. The van der Waals surface area contributed by atoms with Gasteiger partial charge in [-0.05, 0) is 12.1 Å². The number of halogens is 2. The molecule has 0 aromatic carbocycles. The number of rotatable bonds is 2. The summed E-state index contributed by atoms with van der Waals surface area (Å²) in [5, 5.41) is 0. The van der Waals surface area contributed by atoms with Gasteiger partial charge in [-0.25, -0.2) is 4.98 Å². The molecule has 0 spiro atoms. The van der Waals surface area contributed by atoms with Gasteiger partial charge in [0.2, 0.25) is 0 Å². The van der Waals surface area contributed by atoms with Crippen LogP contribution in [0.4, 0.5) is 0 Å². The van der Waals surface area contributed by atoms with Gasteiger partial charge in [-0.15, -0.1) is 24.8 Å². The third-order valence-corrected chi connectivity index (χ3v) is 1.82. The zero-order valence-electron chi connectivity index (χ0n) is 7.91. The molecule has 2 aromatic rings. The van der Waals surface area contributed by atoms with Gasteiger partial charge in [0.15, 0.2) is 0 Å². The van der Waals surface area contributed by atoms with E-state index < -0.39 is 0 Å². The molecule has 0 unspecified atom stereocenters. The van der Waals surface area contributed by atoms with E-state index in [1.807, 2.05) is 22.9 Å². The van der Waals surface area contributed by atoms with Gasteiger partial charge < -0.3 is 10.3 Å². The number of hydrogen-bond donors (Lipinski definition) is 1. The van der Waals surface area contributed by atoms with Crippen molar-refractivity contribution in [1.29, 1.82) is 0 Å². The summed E-state index contributed by atoms with van der Waals surface area (Å²) in [5.74, 6) is 0. The van der Waals surface area contributed by atoms with E-state index in [0.29, 0.717) is 6.54 Å². The average molecular weight is 247 g/mol. The topological polar surface area (TPSA) is 56.7 Å². The highest BCUT2D eigenvalue weighted by molar-refractivity contribution is 5.85. The molecule has 0 aliphatic heterocycles. The van der Waals surface area contributed by atoms with Gasteiger partial charge in [0, 0.05) is 18.9 Å². The van der Waals surface area contributed by atoms with E-state index in [4.69, 9.17) is 5.73 Å². The lowest BCUT2D eigenvalue weighted by molar-refractivity contribution is 0.965.